The minimum absolute atomic E-state index is 0.145. The fourth-order valence-electron chi connectivity index (χ4n) is 2.10. The van der Waals surface area contributed by atoms with E-state index in [1.807, 2.05) is 38.1 Å². The van der Waals surface area contributed by atoms with Gasteiger partial charge in [0.2, 0.25) is 5.91 Å². The number of benzene rings is 1. The van der Waals surface area contributed by atoms with Crippen LogP contribution in [0.15, 0.2) is 18.2 Å². The van der Waals surface area contributed by atoms with Gasteiger partial charge in [0.15, 0.2) is 9.84 Å². The Morgan fingerprint density at radius 1 is 1.24 bits per heavy atom. The zero-order valence-corrected chi connectivity index (χ0v) is 13.4. The highest BCUT2D eigenvalue weighted by Gasteiger charge is 2.20. The van der Waals surface area contributed by atoms with E-state index in [1.165, 1.54) is 11.9 Å². The summed E-state index contributed by atoms with van der Waals surface area (Å²) in [5.74, 6) is -1.15. The van der Waals surface area contributed by atoms with Gasteiger partial charge in [-0.05, 0) is 19.4 Å². The summed E-state index contributed by atoms with van der Waals surface area (Å²) >= 11 is 0. The van der Waals surface area contributed by atoms with Crippen LogP contribution in [0.4, 0.5) is 0 Å². The van der Waals surface area contributed by atoms with E-state index in [1.54, 1.807) is 0 Å². The lowest BCUT2D eigenvalue weighted by molar-refractivity contribution is -0.127. The molecule has 1 aromatic carbocycles. The Hall–Kier alpha value is -1.87. The van der Waals surface area contributed by atoms with E-state index in [0.717, 1.165) is 11.1 Å². The van der Waals surface area contributed by atoms with Gasteiger partial charge in [0, 0.05) is 13.6 Å². The maximum Gasteiger partial charge on any atom is 0.237 e. The first-order valence-electron chi connectivity index (χ1n) is 6.62. The summed E-state index contributed by atoms with van der Waals surface area (Å²) in [7, 11) is -2.01. The van der Waals surface area contributed by atoms with Crippen LogP contribution in [0, 0.1) is 25.2 Å². The normalized spacial score (nSPS) is 11.0. The van der Waals surface area contributed by atoms with Crippen molar-refractivity contribution in [3.8, 4) is 6.07 Å². The van der Waals surface area contributed by atoms with Crippen LogP contribution in [0.1, 0.15) is 23.1 Å². The van der Waals surface area contributed by atoms with E-state index in [9.17, 15) is 13.2 Å². The summed E-state index contributed by atoms with van der Waals surface area (Å²) in [6.07, 6.45) is 0.194. The lowest BCUT2D eigenvalue weighted by Gasteiger charge is -2.15. The summed E-state index contributed by atoms with van der Waals surface area (Å²) in [5, 5.41) is 8.47. The highest BCUT2D eigenvalue weighted by Crippen LogP contribution is 2.13. The molecule has 114 valence electrons. The maximum atomic E-state index is 12.1. The molecule has 1 aromatic rings. The summed E-state index contributed by atoms with van der Waals surface area (Å²) in [6.45, 7) is 4.06. The molecule has 0 saturated carbocycles. The van der Waals surface area contributed by atoms with Gasteiger partial charge < -0.3 is 4.90 Å². The van der Waals surface area contributed by atoms with Gasteiger partial charge in [0.25, 0.3) is 0 Å². The topological polar surface area (TPSA) is 78.2 Å². The van der Waals surface area contributed by atoms with Crippen LogP contribution in [-0.2, 0) is 20.4 Å². The number of sulfone groups is 1. The van der Waals surface area contributed by atoms with Crippen LogP contribution in [0.2, 0.25) is 0 Å². The second-order valence-electron chi connectivity index (χ2n) is 5.25. The number of aryl methyl sites for hydroxylation is 2. The first-order valence-corrected chi connectivity index (χ1v) is 8.44. The molecule has 0 radical (unpaired) electrons. The number of hydrogen-bond donors (Lipinski definition) is 0. The maximum absolute atomic E-state index is 12.1. The van der Waals surface area contributed by atoms with Crippen molar-refractivity contribution in [3.05, 3.63) is 34.9 Å². The van der Waals surface area contributed by atoms with Gasteiger partial charge in [-0.25, -0.2) is 8.42 Å². The average molecular weight is 308 g/mol. The van der Waals surface area contributed by atoms with Crippen LogP contribution < -0.4 is 0 Å². The number of rotatable bonds is 6. The molecule has 0 heterocycles. The predicted molar refractivity (Wildman–Crippen MR) is 81.3 cm³/mol. The molecule has 1 rings (SSSR count). The first kappa shape index (κ1) is 17.2. The molecular weight excluding hydrogens is 288 g/mol. The monoisotopic (exact) mass is 308 g/mol. The molecular formula is C15H20N2O3S. The van der Waals surface area contributed by atoms with E-state index in [-0.39, 0.29) is 18.7 Å². The predicted octanol–water partition coefficient (Wildman–Crippen LogP) is 1.59. The molecule has 1 amide bonds. The van der Waals surface area contributed by atoms with Crippen LogP contribution >= 0.6 is 0 Å². The van der Waals surface area contributed by atoms with Crippen molar-refractivity contribution in [2.45, 2.75) is 26.0 Å². The van der Waals surface area contributed by atoms with Crippen molar-refractivity contribution in [2.75, 3.05) is 19.3 Å². The van der Waals surface area contributed by atoms with Gasteiger partial charge in [-0.2, -0.15) is 5.26 Å². The highest BCUT2D eigenvalue weighted by atomic mass is 32.2. The van der Waals surface area contributed by atoms with Gasteiger partial charge in [0.05, 0.1) is 18.2 Å². The summed E-state index contributed by atoms with van der Waals surface area (Å²) in [6, 6.07) is 7.52. The Bertz CT molecular complexity index is 640. The van der Waals surface area contributed by atoms with Crippen LogP contribution in [0.25, 0.3) is 0 Å². The lowest BCUT2D eigenvalue weighted by atomic mass is 10.1. The SMILES string of the molecule is Cc1cc(C)cc(CS(=O)(=O)CC(=O)N(C)CCC#N)c1. The van der Waals surface area contributed by atoms with E-state index in [2.05, 4.69) is 0 Å². The quantitative estimate of drug-likeness (QED) is 0.799. The number of carbonyl (C=O) groups excluding carboxylic acids is 1. The van der Waals surface area contributed by atoms with Gasteiger partial charge in [0.1, 0.15) is 5.75 Å². The third kappa shape index (κ3) is 5.96. The molecule has 0 N–H and O–H groups in total. The van der Waals surface area contributed by atoms with Gasteiger partial charge in [-0.3, -0.25) is 4.79 Å². The van der Waals surface area contributed by atoms with E-state index in [0.29, 0.717) is 5.56 Å². The minimum atomic E-state index is -3.51. The Labute approximate surface area is 126 Å². The molecule has 0 unspecified atom stereocenters. The number of hydrogen-bond acceptors (Lipinski definition) is 4. The Kier molecular flexibility index (Phi) is 5.91. The number of nitrogens with zero attached hydrogens (tertiary/aromatic N) is 2. The van der Waals surface area contributed by atoms with Gasteiger partial charge >= 0.3 is 0 Å². The van der Waals surface area contributed by atoms with Crippen molar-refractivity contribution in [1.82, 2.24) is 4.90 Å². The number of amides is 1. The van der Waals surface area contributed by atoms with Crippen LogP contribution in [-0.4, -0.2) is 38.6 Å². The van der Waals surface area contributed by atoms with Gasteiger partial charge in [-0.15, -0.1) is 0 Å². The second-order valence-corrected chi connectivity index (χ2v) is 7.32. The lowest BCUT2D eigenvalue weighted by Crippen LogP contribution is -2.33. The largest absolute Gasteiger partial charge is 0.344 e. The van der Waals surface area contributed by atoms with Crippen molar-refractivity contribution in [3.63, 3.8) is 0 Å². The Morgan fingerprint density at radius 3 is 2.33 bits per heavy atom. The fourth-order valence-corrected chi connectivity index (χ4v) is 3.47. The van der Waals surface area contributed by atoms with Crippen molar-refractivity contribution in [2.24, 2.45) is 0 Å². The molecule has 0 fully saturated rings. The Balaban J connectivity index is 2.74. The molecule has 0 saturated heterocycles. The molecule has 0 atom stereocenters. The smallest absolute Gasteiger partial charge is 0.237 e. The molecule has 5 nitrogen and oxygen atoms in total. The Morgan fingerprint density at radius 2 is 1.81 bits per heavy atom. The zero-order valence-electron chi connectivity index (χ0n) is 12.6. The summed E-state index contributed by atoms with van der Waals surface area (Å²) in [4.78, 5) is 13.1. The molecule has 6 heteroatoms. The van der Waals surface area contributed by atoms with Crippen molar-refractivity contribution >= 4 is 15.7 Å². The first-order chi connectivity index (χ1) is 9.73. The standard InChI is InChI=1S/C15H20N2O3S/c1-12-7-13(2)9-14(8-12)10-21(19,20)11-15(18)17(3)6-4-5-16/h7-9H,4,6,10-11H2,1-3H3. The molecule has 0 aliphatic carbocycles. The highest BCUT2D eigenvalue weighted by molar-refractivity contribution is 7.91. The molecule has 0 aromatic heterocycles. The van der Waals surface area contributed by atoms with Crippen molar-refractivity contribution < 1.29 is 13.2 Å². The average Bonchev–Trinajstić information content (AvgIpc) is 2.33. The summed E-state index contributed by atoms with van der Waals surface area (Å²) in [5.41, 5.74) is 2.69. The second kappa shape index (κ2) is 7.23. The zero-order chi connectivity index (χ0) is 16.0. The van der Waals surface area contributed by atoms with E-state index < -0.39 is 21.5 Å². The summed E-state index contributed by atoms with van der Waals surface area (Å²) < 4.78 is 24.2. The third-order valence-electron chi connectivity index (χ3n) is 3.00. The molecule has 0 spiro atoms. The molecule has 0 aliphatic rings. The fraction of sp³-hybridized carbons (Fsp3) is 0.467. The molecule has 0 aliphatic heterocycles. The molecule has 21 heavy (non-hydrogen) atoms. The van der Waals surface area contributed by atoms with E-state index in [4.69, 9.17) is 5.26 Å². The van der Waals surface area contributed by atoms with Crippen LogP contribution in [0.5, 0.6) is 0 Å². The van der Waals surface area contributed by atoms with Crippen molar-refractivity contribution in [1.29, 1.82) is 5.26 Å². The third-order valence-corrected chi connectivity index (χ3v) is 4.46. The minimum Gasteiger partial charge on any atom is -0.344 e. The van der Waals surface area contributed by atoms with E-state index >= 15 is 0 Å². The number of nitriles is 1. The van der Waals surface area contributed by atoms with Crippen LogP contribution in [0.3, 0.4) is 0 Å². The van der Waals surface area contributed by atoms with Gasteiger partial charge in [-0.1, -0.05) is 29.3 Å². The number of carbonyl (C=O) groups is 1. The molecule has 0 bridgehead atoms.